The summed E-state index contributed by atoms with van der Waals surface area (Å²) in [4.78, 5) is 0. The molecule has 0 saturated carbocycles. The van der Waals surface area contributed by atoms with Gasteiger partial charge in [-0.05, 0) is 110 Å². The van der Waals surface area contributed by atoms with Gasteiger partial charge in [-0.3, -0.25) is 0 Å². The van der Waals surface area contributed by atoms with Crippen LogP contribution in [0.5, 0.6) is 0 Å². The predicted molar refractivity (Wildman–Crippen MR) is 157 cm³/mol. The van der Waals surface area contributed by atoms with E-state index in [9.17, 15) is 0 Å². The normalized spacial score (nSPS) is 17.0. The highest BCUT2D eigenvalue weighted by molar-refractivity contribution is 8.00. The molecule has 5 nitrogen and oxygen atoms in total. The summed E-state index contributed by atoms with van der Waals surface area (Å²) >= 11 is 1.96. The highest BCUT2D eigenvalue weighted by Crippen LogP contribution is 2.44. The van der Waals surface area contributed by atoms with Gasteiger partial charge in [0, 0.05) is 22.9 Å². The standard InChI is InChI=1S/C31H39N5S/c32-10-6-24-14-23(15-25(16-24)7-11-33)5-4-22-2-1-3-28(18-22)31-36-21-30(37-31)29-19-26(8-12-34)17-27(20-29)9-13-35/h1-3,14-20,30-31,36H,6-13,21,32-35H2. The Kier molecular flexibility index (Phi) is 10.2. The van der Waals surface area contributed by atoms with E-state index in [1.807, 2.05) is 11.8 Å². The minimum Gasteiger partial charge on any atom is -0.330 e. The average molecular weight is 514 g/mol. The fourth-order valence-electron chi connectivity index (χ4n) is 4.85. The SMILES string of the molecule is NCCc1cc(C#Cc2cccc(C3NCC(c4cc(CCN)cc(CCN)c4)S3)c2)cc(CCN)c1. The Labute approximate surface area is 225 Å². The number of rotatable bonds is 10. The van der Waals surface area contributed by atoms with Gasteiger partial charge in [0.05, 0.1) is 5.37 Å². The molecule has 0 aliphatic carbocycles. The second kappa shape index (κ2) is 13.8. The molecule has 0 spiro atoms. The number of hydrogen-bond acceptors (Lipinski definition) is 6. The molecule has 2 atom stereocenters. The van der Waals surface area contributed by atoms with E-state index in [4.69, 9.17) is 22.9 Å². The third kappa shape index (κ3) is 7.68. The van der Waals surface area contributed by atoms with Gasteiger partial charge in [0.25, 0.3) is 0 Å². The van der Waals surface area contributed by atoms with Gasteiger partial charge >= 0.3 is 0 Å². The van der Waals surface area contributed by atoms with Crippen molar-refractivity contribution in [3.05, 3.63) is 105 Å². The molecule has 1 aliphatic rings. The number of benzene rings is 3. The summed E-state index contributed by atoms with van der Waals surface area (Å²) in [5, 5.41) is 4.33. The summed E-state index contributed by atoms with van der Waals surface area (Å²) in [5.74, 6) is 6.74. The summed E-state index contributed by atoms with van der Waals surface area (Å²) in [5.41, 5.74) is 32.9. The summed E-state index contributed by atoms with van der Waals surface area (Å²) in [6, 6.07) is 21.9. The first-order chi connectivity index (χ1) is 18.1. The van der Waals surface area contributed by atoms with Crippen LogP contribution in [0.4, 0.5) is 0 Å². The van der Waals surface area contributed by atoms with Crippen molar-refractivity contribution in [3.8, 4) is 11.8 Å². The maximum Gasteiger partial charge on any atom is 0.0796 e. The molecule has 1 aliphatic heterocycles. The number of nitrogens with two attached hydrogens (primary N) is 4. The van der Waals surface area contributed by atoms with Crippen LogP contribution in [0, 0.1) is 11.8 Å². The fraction of sp³-hybridized carbons (Fsp3) is 0.355. The van der Waals surface area contributed by atoms with E-state index >= 15 is 0 Å². The number of thioether (sulfide) groups is 1. The second-order valence-corrected chi connectivity index (χ2v) is 10.9. The Hall–Kier alpha value is -2.63. The topological polar surface area (TPSA) is 116 Å². The monoisotopic (exact) mass is 513 g/mol. The average Bonchev–Trinajstić information content (AvgIpc) is 3.39. The molecular formula is C31H39N5S. The second-order valence-electron chi connectivity index (χ2n) is 9.56. The molecule has 9 N–H and O–H groups in total. The van der Waals surface area contributed by atoms with Crippen molar-refractivity contribution < 1.29 is 0 Å². The molecule has 4 rings (SSSR count). The Balaban J connectivity index is 1.50. The Morgan fingerprint density at radius 2 is 1.19 bits per heavy atom. The largest absolute Gasteiger partial charge is 0.330 e. The molecule has 0 bridgehead atoms. The first kappa shape index (κ1) is 27.4. The van der Waals surface area contributed by atoms with Gasteiger partial charge in [-0.25, -0.2) is 0 Å². The van der Waals surface area contributed by atoms with Crippen LogP contribution in [0.3, 0.4) is 0 Å². The van der Waals surface area contributed by atoms with Crippen LogP contribution < -0.4 is 28.3 Å². The van der Waals surface area contributed by atoms with E-state index in [-0.39, 0.29) is 5.37 Å². The van der Waals surface area contributed by atoms with Crippen LogP contribution in [-0.2, 0) is 25.7 Å². The fourth-order valence-corrected chi connectivity index (χ4v) is 6.16. The Morgan fingerprint density at radius 1 is 0.649 bits per heavy atom. The molecule has 1 heterocycles. The molecule has 1 saturated heterocycles. The third-order valence-electron chi connectivity index (χ3n) is 6.56. The number of hydrogen-bond donors (Lipinski definition) is 5. The smallest absolute Gasteiger partial charge is 0.0796 e. The van der Waals surface area contributed by atoms with Gasteiger partial charge in [-0.1, -0.05) is 48.2 Å². The lowest BCUT2D eigenvalue weighted by atomic mass is 9.99. The molecule has 0 amide bonds. The summed E-state index contributed by atoms with van der Waals surface area (Å²) < 4.78 is 0. The van der Waals surface area contributed by atoms with Gasteiger partial charge in [0.2, 0.25) is 0 Å². The van der Waals surface area contributed by atoms with Crippen molar-refractivity contribution in [3.63, 3.8) is 0 Å². The molecule has 0 radical (unpaired) electrons. The van der Waals surface area contributed by atoms with E-state index in [1.165, 1.54) is 33.4 Å². The molecule has 1 fully saturated rings. The lowest BCUT2D eigenvalue weighted by molar-refractivity contribution is 0.713. The van der Waals surface area contributed by atoms with E-state index in [0.29, 0.717) is 31.4 Å². The first-order valence-corrected chi connectivity index (χ1v) is 14.1. The van der Waals surface area contributed by atoms with Crippen molar-refractivity contribution in [2.24, 2.45) is 22.9 Å². The van der Waals surface area contributed by atoms with Gasteiger partial charge in [0.1, 0.15) is 0 Å². The van der Waals surface area contributed by atoms with Crippen molar-refractivity contribution >= 4 is 11.8 Å². The molecule has 0 aromatic heterocycles. The highest BCUT2D eigenvalue weighted by Gasteiger charge is 2.27. The summed E-state index contributed by atoms with van der Waals surface area (Å²) in [6.45, 7) is 3.49. The van der Waals surface area contributed by atoms with E-state index in [0.717, 1.165) is 43.4 Å². The minimum atomic E-state index is 0.229. The van der Waals surface area contributed by atoms with Crippen LogP contribution in [-0.4, -0.2) is 32.7 Å². The maximum absolute atomic E-state index is 5.84. The van der Waals surface area contributed by atoms with Crippen molar-refractivity contribution in [2.45, 2.75) is 36.3 Å². The van der Waals surface area contributed by atoms with Gasteiger partial charge in [-0.15, -0.1) is 11.8 Å². The van der Waals surface area contributed by atoms with Crippen molar-refractivity contribution in [1.82, 2.24) is 5.32 Å². The Bertz CT molecular complexity index is 1200. The zero-order valence-electron chi connectivity index (χ0n) is 21.5. The van der Waals surface area contributed by atoms with Gasteiger partial charge in [-0.2, -0.15) is 0 Å². The lowest BCUT2D eigenvalue weighted by Gasteiger charge is -2.14. The van der Waals surface area contributed by atoms with E-state index < -0.39 is 0 Å². The minimum absolute atomic E-state index is 0.229. The van der Waals surface area contributed by atoms with Crippen LogP contribution >= 0.6 is 11.8 Å². The van der Waals surface area contributed by atoms with Crippen LogP contribution in [0.25, 0.3) is 0 Å². The van der Waals surface area contributed by atoms with Gasteiger partial charge < -0.3 is 28.3 Å². The van der Waals surface area contributed by atoms with Gasteiger partial charge in [0.15, 0.2) is 0 Å². The number of nitrogens with one attached hydrogen (secondary N) is 1. The predicted octanol–water partition coefficient (Wildman–Crippen LogP) is 3.17. The molecule has 2 unspecified atom stereocenters. The molecule has 6 heteroatoms. The van der Waals surface area contributed by atoms with Crippen LogP contribution in [0.15, 0.2) is 60.7 Å². The first-order valence-electron chi connectivity index (χ1n) is 13.2. The van der Waals surface area contributed by atoms with Crippen molar-refractivity contribution in [1.29, 1.82) is 0 Å². The van der Waals surface area contributed by atoms with Crippen LogP contribution in [0.1, 0.15) is 55.1 Å². The lowest BCUT2D eigenvalue weighted by Crippen LogP contribution is -2.13. The van der Waals surface area contributed by atoms with Crippen molar-refractivity contribution in [2.75, 3.05) is 32.7 Å². The quantitative estimate of drug-likeness (QED) is 0.266. The molecule has 3 aromatic rings. The summed E-state index contributed by atoms with van der Waals surface area (Å²) in [7, 11) is 0. The zero-order valence-corrected chi connectivity index (χ0v) is 22.3. The van der Waals surface area contributed by atoms with Crippen LogP contribution in [0.2, 0.25) is 0 Å². The third-order valence-corrected chi connectivity index (χ3v) is 8.04. The maximum atomic E-state index is 5.84. The summed E-state index contributed by atoms with van der Waals surface area (Å²) in [6.07, 6.45) is 3.47. The Morgan fingerprint density at radius 3 is 1.76 bits per heavy atom. The molecule has 37 heavy (non-hydrogen) atoms. The van der Waals surface area contributed by atoms with E-state index in [1.54, 1.807) is 0 Å². The molecule has 194 valence electrons. The highest BCUT2D eigenvalue weighted by atomic mass is 32.2. The van der Waals surface area contributed by atoms with E-state index in [2.05, 4.69) is 77.8 Å². The zero-order chi connectivity index (χ0) is 26.0. The molecular weight excluding hydrogens is 474 g/mol. The molecule has 3 aromatic carbocycles.